The summed E-state index contributed by atoms with van der Waals surface area (Å²) in [6.45, 7) is 0. The Morgan fingerprint density at radius 2 is 1.57 bits per heavy atom. The Balaban J connectivity index is 1.31. The molecule has 0 fully saturated rings. The second-order valence-electron chi connectivity index (χ2n) is 9.76. The van der Waals surface area contributed by atoms with Crippen LogP contribution in [0.15, 0.2) is 106 Å². The van der Waals surface area contributed by atoms with Crippen LogP contribution in [0.2, 0.25) is 0 Å². The number of hydrogen-bond acceptors (Lipinski definition) is 3. The maximum absolute atomic E-state index is 13.2. The number of H-pyrrole nitrogens is 3. The van der Waals surface area contributed by atoms with E-state index in [1.54, 1.807) is 6.07 Å². The first kappa shape index (κ1) is 23.5. The van der Waals surface area contributed by atoms with Crippen LogP contribution in [0.1, 0.15) is 5.56 Å². The van der Waals surface area contributed by atoms with Crippen LogP contribution in [-0.2, 0) is 0 Å². The highest BCUT2D eigenvalue weighted by molar-refractivity contribution is 9.10. The maximum atomic E-state index is 13.2. The minimum Gasteiger partial charge on any atom is -0.361 e. The van der Waals surface area contributed by atoms with Crippen molar-refractivity contribution in [3.8, 4) is 11.4 Å². The van der Waals surface area contributed by atoms with Gasteiger partial charge in [0.2, 0.25) is 0 Å². The first-order chi connectivity index (χ1) is 19.7. The summed E-state index contributed by atoms with van der Waals surface area (Å²) < 4.78 is 14.2. The number of rotatable bonds is 4. The van der Waals surface area contributed by atoms with Gasteiger partial charge in [-0.15, -0.1) is 0 Å². The van der Waals surface area contributed by atoms with Crippen LogP contribution in [-0.4, -0.2) is 26.2 Å². The van der Waals surface area contributed by atoms with Crippen molar-refractivity contribution >= 4 is 94.4 Å². The molecule has 0 spiro atoms. The van der Waals surface area contributed by atoms with Gasteiger partial charge < -0.3 is 15.0 Å². The summed E-state index contributed by atoms with van der Waals surface area (Å²) in [6.07, 6.45) is 5.73. The largest absolute Gasteiger partial charge is 0.361 e. The van der Waals surface area contributed by atoms with Crippen molar-refractivity contribution in [2.24, 2.45) is 4.99 Å². The summed E-state index contributed by atoms with van der Waals surface area (Å²) in [4.78, 5) is 20.7. The molecule has 0 atom stereocenters. The van der Waals surface area contributed by atoms with E-state index >= 15 is 0 Å². The minimum absolute atomic E-state index is 0.244. The molecule has 3 heterocycles. The number of aliphatic imine (C=N–C) groups is 1. The highest BCUT2D eigenvalue weighted by Crippen LogP contribution is 2.38. The number of imidazole rings is 1. The molecule has 192 valence electrons. The van der Waals surface area contributed by atoms with E-state index in [2.05, 4.69) is 79.4 Å². The molecule has 0 saturated heterocycles. The quantitative estimate of drug-likeness (QED) is 0.138. The highest BCUT2D eigenvalue weighted by Gasteiger charge is 2.16. The molecule has 0 aliphatic carbocycles. The molecular formula is C32H19BrFN5S. The van der Waals surface area contributed by atoms with E-state index in [-0.39, 0.29) is 12.1 Å². The normalized spacial score (nSPS) is 12.2. The fourth-order valence-electron chi connectivity index (χ4n) is 5.58. The van der Waals surface area contributed by atoms with Crippen LogP contribution in [0.5, 0.6) is 0 Å². The van der Waals surface area contributed by atoms with Gasteiger partial charge in [0.25, 0.3) is 0 Å². The maximum Gasteiger partial charge on any atom is 0.140 e. The van der Waals surface area contributed by atoms with Gasteiger partial charge in [0.05, 0.1) is 28.9 Å². The molecule has 5 nitrogen and oxygen atoms in total. The van der Waals surface area contributed by atoms with Crippen LogP contribution >= 0.6 is 28.1 Å². The van der Waals surface area contributed by atoms with Gasteiger partial charge >= 0.3 is 0 Å². The lowest BCUT2D eigenvalue weighted by atomic mass is 9.99. The summed E-state index contributed by atoms with van der Waals surface area (Å²) in [6, 6.07) is 26.3. The predicted molar refractivity (Wildman–Crippen MR) is 169 cm³/mol. The summed E-state index contributed by atoms with van der Waals surface area (Å²) in [7, 11) is 0. The van der Waals surface area contributed by atoms with E-state index in [0.29, 0.717) is 4.90 Å². The molecule has 5 aromatic carbocycles. The lowest BCUT2D eigenvalue weighted by molar-refractivity contribution is 0.934. The van der Waals surface area contributed by atoms with E-state index in [0.717, 1.165) is 81.5 Å². The smallest absolute Gasteiger partial charge is 0.140 e. The zero-order valence-corrected chi connectivity index (χ0v) is 23.2. The molecule has 0 saturated carbocycles. The number of hydrogen-bond donors (Lipinski definition) is 3. The second kappa shape index (κ2) is 9.08. The van der Waals surface area contributed by atoms with Crippen molar-refractivity contribution in [3.63, 3.8) is 0 Å². The van der Waals surface area contributed by atoms with E-state index in [4.69, 9.17) is 9.98 Å². The molecule has 8 aromatic rings. The SMILES string of the molecule is FSc1ccc2[nH]cc(C=Nc3ccc4c5ccccc5c5nc(-c6c[nH]c7ccc(Br)cc67)[nH]c5c4c3)c2c1. The summed E-state index contributed by atoms with van der Waals surface area (Å²) in [5.74, 6) is 0.811. The Hall–Kier alpha value is -4.40. The van der Waals surface area contributed by atoms with Crippen molar-refractivity contribution in [1.82, 2.24) is 19.9 Å². The Kier molecular flexibility index (Phi) is 5.33. The molecule has 40 heavy (non-hydrogen) atoms. The van der Waals surface area contributed by atoms with Gasteiger partial charge in [0.1, 0.15) is 5.82 Å². The average Bonchev–Trinajstić information content (AvgIpc) is 3.72. The van der Waals surface area contributed by atoms with Gasteiger partial charge in [0, 0.05) is 71.7 Å². The van der Waals surface area contributed by atoms with Crippen LogP contribution in [0.3, 0.4) is 0 Å². The topological polar surface area (TPSA) is 72.6 Å². The Bertz CT molecular complexity index is 2290. The van der Waals surface area contributed by atoms with E-state index in [1.165, 1.54) is 0 Å². The fourth-order valence-corrected chi connectivity index (χ4v) is 6.22. The number of fused-ring (bicyclic) bond motifs is 8. The third-order valence-electron chi connectivity index (χ3n) is 7.47. The minimum atomic E-state index is 0.244. The standard InChI is InChI=1S/C32H19BrFN5S/c33-18-5-9-29-25(11-18)27(16-37-29)32-38-30-23-4-2-1-3-21(23)22-8-6-19(12-26(22)31(30)39-32)35-14-17-15-36-28-10-7-20(40-34)13-24(17)28/h1-16,36-37H,(H,38,39). The first-order valence-corrected chi connectivity index (χ1v) is 14.2. The number of halogens is 2. The fraction of sp³-hybridized carbons (Fsp3) is 0. The lowest BCUT2D eigenvalue weighted by Gasteiger charge is -2.07. The second-order valence-corrected chi connectivity index (χ2v) is 11.3. The summed E-state index contributed by atoms with van der Waals surface area (Å²) >= 11 is 3.85. The van der Waals surface area contributed by atoms with Crippen LogP contribution in [0.4, 0.5) is 9.57 Å². The number of benzene rings is 5. The molecule has 0 aliphatic rings. The van der Waals surface area contributed by atoms with E-state index < -0.39 is 0 Å². The third-order valence-corrected chi connectivity index (χ3v) is 8.40. The summed E-state index contributed by atoms with van der Waals surface area (Å²) in [5, 5.41) is 6.47. The molecule has 0 aliphatic heterocycles. The zero-order chi connectivity index (χ0) is 26.8. The summed E-state index contributed by atoms with van der Waals surface area (Å²) in [5.41, 5.74) is 6.65. The van der Waals surface area contributed by atoms with E-state index in [9.17, 15) is 3.89 Å². The Labute approximate surface area is 240 Å². The number of nitrogens with one attached hydrogen (secondary N) is 3. The lowest BCUT2D eigenvalue weighted by Crippen LogP contribution is -1.83. The number of aromatic nitrogens is 4. The van der Waals surface area contributed by atoms with Crippen LogP contribution < -0.4 is 0 Å². The predicted octanol–water partition coefficient (Wildman–Crippen LogP) is 9.99. The molecule has 0 bridgehead atoms. The number of nitrogens with zero attached hydrogens (tertiary/aromatic N) is 2. The molecule has 3 N–H and O–H groups in total. The average molecular weight is 605 g/mol. The molecule has 0 radical (unpaired) electrons. The van der Waals surface area contributed by atoms with Crippen molar-refractivity contribution in [1.29, 1.82) is 0 Å². The van der Waals surface area contributed by atoms with Crippen molar-refractivity contribution in [2.75, 3.05) is 0 Å². The zero-order valence-electron chi connectivity index (χ0n) is 20.8. The van der Waals surface area contributed by atoms with Gasteiger partial charge in [-0.05, 0) is 59.3 Å². The molecule has 0 unspecified atom stereocenters. The highest BCUT2D eigenvalue weighted by atomic mass is 79.9. The Morgan fingerprint density at radius 3 is 2.48 bits per heavy atom. The molecule has 3 aromatic heterocycles. The van der Waals surface area contributed by atoms with Crippen LogP contribution in [0, 0.1) is 0 Å². The van der Waals surface area contributed by atoms with Crippen LogP contribution in [0.25, 0.3) is 65.8 Å². The molecule has 8 heteroatoms. The third kappa shape index (κ3) is 3.67. The Morgan fingerprint density at radius 1 is 0.775 bits per heavy atom. The van der Waals surface area contributed by atoms with Gasteiger partial charge in [-0.2, -0.15) is 3.89 Å². The van der Waals surface area contributed by atoms with Crippen molar-refractivity contribution in [3.05, 3.63) is 101 Å². The van der Waals surface area contributed by atoms with Gasteiger partial charge in [-0.1, -0.05) is 46.3 Å². The molecular weight excluding hydrogens is 585 g/mol. The van der Waals surface area contributed by atoms with Gasteiger partial charge in [-0.3, -0.25) is 4.99 Å². The number of aromatic amines is 3. The van der Waals surface area contributed by atoms with Gasteiger partial charge in [0.15, 0.2) is 0 Å². The van der Waals surface area contributed by atoms with Gasteiger partial charge in [-0.25, -0.2) is 4.98 Å². The monoisotopic (exact) mass is 603 g/mol. The molecule has 0 amide bonds. The first-order valence-electron chi connectivity index (χ1n) is 12.7. The molecule has 8 rings (SSSR count). The van der Waals surface area contributed by atoms with Crippen molar-refractivity contribution in [2.45, 2.75) is 4.90 Å². The van der Waals surface area contributed by atoms with E-state index in [1.807, 2.05) is 42.9 Å². The van der Waals surface area contributed by atoms with Crippen molar-refractivity contribution < 1.29 is 3.89 Å².